The van der Waals surface area contributed by atoms with Crippen LogP contribution in [0.15, 0.2) is 24.3 Å². The highest BCUT2D eigenvalue weighted by molar-refractivity contribution is 5.37. The summed E-state index contributed by atoms with van der Waals surface area (Å²) in [6.07, 6.45) is 8.54. The Morgan fingerprint density at radius 1 is 1.10 bits per heavy atom. The van der Waals surface area contributed by atoms with Gasteiger partial charge in [-0.1, -0.05) is 24.6 Å². The Morgan fingerprint density at radius 3 is 2.81 bits per heavy atom. The Bertz CT molecular complexity index is 498. The lowest BCUT2D eigenvalue weighted by molar-refractivity contribution is 0.103. The molecule has 4 rings (SSSR count). The van der Waals surface area contributed by atoms with Crippen molar-refractivity contribution in [3.63, 3.8) is 0 Å². The monoisotopic (exact) mass is 286 g/mol. The standard InChI is InChI=1S/C19H26O2/c20-17(12-16-10-13-5-6-14(16)9-13)11-15-7-8-21-19-4-2-1-3-18(15)19/h1-4,13-17,20H,5-12H2. The van der Waals surface area contributed by atoms with Crippen LogP contribution in [-0.4, -0.2) is 17.8 Å². The van der Waals surface area contributed by atoms with Gasteiger partial charge in [0.2, 0.25) is 0 Å². The summed E-state index contributed by atoms with van der Waals surface area (Å²) in [6, 6.07) is 8.35. The molecule has 0 aromatic heterocycles. The second-order valence-electron chi connectivity index (χ2n) is 7.43. The van der Waals surface area contributed by atoms with Crippen LogP contribution in [0.3, 0.4) is 0 Å². The molecule has 1 N–H and O–H groups in total. The number of hydrogen-bond acceptors (Lipinski definition) is 2. The molecule has 1 aliphatic heterocycles. The van der Waals surface area contributed by atoms with E-state index in [1.54, 1.807) is 0 Å². The van der Waals surface area contributed by atoms with Crippen molar-refractivity contribution < 1.29 is 9.84 Å². The molecule has 21 heavy (non-hydrogen) atoms. The van der Waals surface area contributed by atoms with Crippen LogP contribution in [-0.2, 0) is 0 Å². The van der Waals surface area contributed by atoms with Crippen molar-refractivity contribution in [1.82, 2.24) is 0 Å². The maximum Gasteiger partial charge on any atom is 0.122 e. The largest absolute Gasteiger partial charge is 0.493 e. The van der Waals surface area contributed by atoms with Gasteiger partial charge in [0.1, 0.15) is 5.75 Å². The second-order valence-corrected chi connectivity index (χ2v) is 7.43. The molecule has 5 unspecified atom stereocenters. The fourth-order valence-corrected chi connectivity index (χ4v) is 5.10. The molecule has 1 aromatic carbocycles. The van der Waals surface area contributed by atoms with Crippen molar-refractivity contribution in [3.05, 3.63) is 29.8 Å². The van der Waals surface area contributed by atoms with Crippen LogP contribution in [0.5, 0.6) is 5.75 Å². The maximum atomic E-state index is 10.6. The van der Waals surface area contributed by atoms with Crippen molar-refractivity contribution in [3.8, 4) is 5.75 Å². The number of rotatable bonds is 4. The molecule has 2 saturated carbocycles. The van der Waals surface area contributed by atoms with E-state index in [2.05, 4.69) is 18.2 Å². The minimum atomic E-state index is -0.134. The molecular weight excluding hydrogens is 260 g/mol. The molecule has 0 amide bonds. The van der Waals surface area contributed by atoms with Gasteiger partial charge in [-0.15, -0.1) is 0 Å². The number of aliphatic hydroxyl groups excluding tert-OH is 1. The third-order valence-electron chi connectivity index (χ3n) is 6.10. The topological polar surface area (TPSA) is 29.5 Å². The van der Waals surface area contributed by atoms with Gasteiger partial charge in [-0.3, -0.25) is 0 Å². The lowest BCUT2D eigenvalue weighted by atomic mass is 9.81. The Hall–Kier alpha value is -1.02. The van der Waals surface area contributed by atoms with Gasteiger partial charge in [0.15, 0.2) is 0 Å². The molecule has 1 heterocycles. The first-order chi connectivity index (χ1) is 10.3. The summed E-state index contributed by atoms with van der Waals surface area (Å²) in [5, 5.41) is 10.6. The van der Waals surface area contributed by atoms with E-state index in [-0.39, 0.29) is 6.10 Å². The van der Waals surface area contributed by atoms with Gasteiger partial charge in [-0.05, 0) is 73.8 Å². The fourth-order valence-electron chi connectivity index (χ4n) is 5.10. The van der Waals surface area contributed by atoms with Gasteiger partial charge in [0, 0.05) is 0 Å². The van der Waals surface area contributed by atoms with Gasteiger partial charge >= 0.3 is 0 Å². The molecular formula is C19H26O2. The average molecular weight is 286 g/mol. The third-order valence-corrected chi connectivity index (χ3v) is 6.10. The molecule has 2 fully saturated rings. The van der Waals surface area contributed by atoms with E-state index < -0.39 is 0 Å². The zero-order valence-electron chi connectivity index (χ0n) is 12.7. The zero-order chi connectivity index (χ0) is 14.2. The molecule has 3 aliphatic rings. The Kier molecular flexibility index (Phi) is 3.66. The highest BCUT2D eigenvalue weighted by atomic mass is 16.5. The quantitative estimate of drug-likeness (QED) is 0.901. The summed E-state index contributed by atoms with van der Waals surface area (Å²) >= 11 is 0. The van der Waals surface area contributed by atoms with Crippen LogP contribution in [0.25, 0.3) is 0 Å². The van der Waals surface area contributed by atoms with Crippen molar-refractivity contribution in [1.29, 1.82) is 0 Å². The second kappa shape index (κ2) is 5.64. The fraction of sp³-hybridized carbons (Fsp3) is 0.684. The van der Waals surface area contributed by atoms with Crippen molar-refractivity contribution in [2.75, 3.05) is 6.61 Å². The average Bonchev–Trinajstić information content (AvgIpc) is 3.10. The summed E-state index contributed by atoms with van der Waals surface area (Å²) < 4.78 is 5.73. The number of para-hydroxylation sites is 1. The van der Waals surface area contributed by atoms with Crippen LogP contribution in [0.4, 0.5) is 0 Å². The number of fused-ring (bicyclic) bond motifs is 3. The Morgan fingerprint density at radius 2 is 2.00 bits per heavy atom. The molecule has 0 saturated heterocycles. The molecule has 2 bridgehead atoms. The Balaban J connectivity index is 1.38. The number of aliphatic hydroxyl groups is 1. The highest BCUT2D eigenvalue weighted by Gasteiger charge is 2.40. The van der Waals surface area contributed by atoms with E-state index in [0.717, 1.165) is 49.4 Å². The number of ether oxygens (including phenoxy) is 1. The maximum absolute atomic E-state index is 10.6. The van der Waals surface area contributed by atoms with Gasteiger partial charge in [-0.2, -0.15) is 0 Å². The first-order valence-electron chi connectivity index (χ1n) is 8.69. The molecule has 114 valence electrons. The van der Waals surface area contributed by atoms with Gasteiger partial charge in [0.25, 0.3) is 0 Å². The molecule has 5 atom stereocenters. The first-order valence-corrected chi connectivity index (χ1v) is 8.69. The van der Waals surface area contributed by atoms with Crippen molar-refractivity contribution >= 4 is 0 Å². The summed E-state index contributed by atoms with van der Waals surface area (Å²) in [7, 11) is 0. The highest BCUT2D eigenvalue weighted by Crippen LogP contribution is 2.50. The molecule has 0 radical (unpaired) electrons. The molecule has 0 spiro atoms. The molecule has 2 aliphatic carbocycles. The van der Waals surface area contributed by atoms with Crippen molar-refractivity contribution in [2.45, 2.75) is 57.0 Å². The van der Waals surface area contributed by atoms with Gasteiger partial charge < -0.3 is 9.84 Å². The van der Waals surface area contributed by atoms with E-state index in [4.69, 9.17) is 4.74 Å². The summed E-state index contributed by atoms with van der Waals surface area (Å²) in [5.74, 6) is 4.21. The molecule has 2 heteroatoms. The molecule has 1 aromatic rings. The van der Waals surface area contributed by atoms with Crippen LogP contribution < -0.4 is 4.74 Å². The molecule has 2 nitrogen and oxygen atoms in total. The van der Waals surface area contributed by atoms with E-state index in [1.807, 2.05) is 6.07 Å². The SMILES string of the molecule is OC(CC1CCOc2ccccc21)CC1CC2CCC1C2. The predicted octanol–water partition coefficient (Wildman–Crippen LogP) is 4.13. The summed E-state index contributed by atoms with van der Waals surface area (Å²) in [5.41, 5.74) is 1.30. The van der Waals surface area contributed by atoms with E-state index in [1.165, 1.54) is 31.2 Å². The van der Waals surface area contributed by atoms with E-state index in [9.17, 15) is 5.11 Å². The first kappa shape index (κ1) is 13.6. The smallest absolute Gasteiger partial charge is 0.122 e. The zero-order valence-corrected chi connectivity index (χ0v) is 12.7. The van der Waals surface area contributed by atoms with Crippen LogP contribution in [0, 0.1) is 17.8 Å². The van der Waals surface area contributed by atoms with Gasteiger partial charge in [0.05, 0.1) is 12.7 Å². The van der Waals surface area contributed by atoms with Crippen molar-refractivity contribution in [2.24, 2.45) is 17.8 Å². The normalized spacial score (nSPS) is 35.3. The van der Waals surface area contributed by atoms with E-state index in [0.29, 0.717) is 5.92 Å². The number of hydrogen-bond donors (Lipinski definition) is 1. The lowest BCUT2D eigenvalue weighted by Gasteiger charge is -2.29. The Labute approximate surface area is 127 Å². The van der Waals surface area contributed by atoms with Gasteiger partial charge in [-0.25, -0.2) is 0 Å². The summed E-state index contributed by atoms with van der Waals surface area (Å²) in [6.45, 7) is 0.794. The van der Waals surface area contributed by atoms with Crippen LogP contribution in [0.2, 0.25) is 0 Å². The van der Waals surface area contributed by atoms with Crippen LogP contribution >= 0.6 is 0 Å². The minimum Gasteiger partial charge on any atom is -0.493 e. The van der Waals surface area contributed by atoms with Crippen LogP contribution in [0.1, 0.15) is 56.4 Å². The van der Waals surface area contributed by atoms with E-state index >= 15 is 0 Å². The lowest BCUT2D eigenvalue weighted by Crippen LogP contribution is -2.23. The predicted molar refractivity (Wildman–Crippen MR) is 83.5 cm³/mol. The third kappa shape index (κ3) is 2.70. The number of benzene rings is 1. The minimum absolute atomic E-state index is 0.134. The summed E-state index contributed by atoms with van der Waals surface area (Å²) in [4.78, 5) is 0.